The third kappa shape index (κ3) is 2.59. The molecule has 0 aliphatic rings. The lowest BCUT2D eigenvalue weighted by Crippen LogP contribution is -2.11. The number of benzene rings is 1. The van der Waals surface area contributed by atoms with Crippen LogP contribution >= 0.6 is 0 Å². The summed E-state index contributed by atoms with van der Waals surface area (Å²) in [4.78, 5) is 0. The summed E-state index contributed by atoms with van der Waals surface area (Å²) in [6.45, 7) is 0. The molecule has 1 nitrogen and oxygen atoms in total. The van der Waals surface area contributed by atoms with Gasteiger partial charge in [0.2, 0.25) is 0 Å². The third-order valence-electron chi connectivity index (χ3n) is 1.83. The van der Waals surface area contributed by atoms with Crippen molar-refractivity contribution in [1.82, 2.24) is 0 Å². The number of hydrogen-bond acceptors (Lipinski definition) is 1. The number of hydrogen-bond donors (Lipinski definition) is 0. The van der Waals surface area contributed by atoms with Crippen LogP contribution in [-0.4, -0.2) is 7.11 Å². The Labute approximate surface area is 86.6 Å². The van der Waals surface area contributed by atoms with E-state index >= 15 is 0 Å². The molecule has 1 aromatic carbocycles. The molecule has 0 unspecified atom stereocenters. The Balaban J connectivity index is 3.34. The molecule has 0 radical (unpaired) electrons. The van der Waals surface area contributed by atoms with Gasteiger partial charge in [-0.15, -0.1) is 0 Å². The summed E-state index contributed by atoms with van der Waals surface area (Å²) in [5.41, 5.74) is -2.80. The van der Waals surface area contributed by atoms with Crippen LogP contribution in [-0.2, 0) is 12.4 Å². The molecule has 0 N–H and O–H groups in total. The first kappa shape index (κ1) is 12.7. The van der Waals surface area contributed by atoms with Crippen molar-refractivity contribution in [3.63, 3.8) is 0 Å². The molecular weight excluding hydrogens is 238 g/mol. The second kappa shape index (κ2) is 3.88. The van der Waals surface area contributed by atoms with E-state index in [1.165, 1.54) is 0 Å². The lowest BCUT2D eigenvalue weighted by Gasteiger charge is -2.14. The van der Waals surface area contributed by atoms with Gasteiger partial charge in [0.25, 0.3) is 0 Å². The highest BCUT2D eigenvalue weighted by atomic mass is 19.4. The molecule has 0 aliphatic heterocycles. The third-order valence-corrected chi connectivity index (χ3v) is 1.83. The predicted molar refractivity (Wildman–Crippen MR) is 43.0 cm³/mol. The number of ether oxygens (including phenoxy) is 1. The molecular formula is C9H6F6O. The summed E-state index contributed by atoms with van der Waals surface area (Å²) in [5.74, 6) is -0.638. The van der Waals surface area contributed by atoms with E-state index in [9.17, 15) is 26.3 Å². The molecule has 0 aliphatic carbocycles. The maximum Gasteiger partial charge on any atom is 0.419 e. The molecule has 1 rings (SSSR count). The summed E-state index contributed by atoms with van der Waals surface area (Å²) in [7, 11) is 0.956. The Morgan fingerprint density at radius 1 is 0.938 bits per heavy atom. The zero-order valence-electron chi connectivity index (χ0n) is 7.91. The van der Waals surface area contributed by atoms with Gasteiger partial charge in [-0.2, -0.15) is 26.3 Å². The highest BCUT2D eigenvalue weighted by molar-refractivity contribution is 5.40. The lowest BCUT2D eigenvalue weighted by molar-refractivity contribution is -0.143. The zero-order chi connectivity index (χ0) is 12.6. The number of methoxy groups -OCH3 is 1. The van der Waals surface area contributed by atoms with Crippen molar-refractivity contribution < 1.29 is 31.1 Å². The van der Waals surface area contributed by atoms with E-state index in [4.69, 9.17) is 0 Å². The van der Waals surface area contributed by atoms with Gasteiger partial charge in [0.05, 0.1) is 18.2 Å². The quantitative estimate of drug-likeness (QED) is 0.684. The topological polar surface area (TPSA) is 9.23 Å². The van der Waals surface area contributed by atoms with Crippen molar-refractivity contribution in [1.29, 1.82) is 0 Å². The molecule has 90 valence electrons. The monoisotopic (exact) mass is 244 g/mol. The van der Waals surface area contributed by atoms with E-state index in [-0.39, 0.29) is 6.07 Å². The molecule has 0 atom stereocenters. The average molecular weight is 244 g/mol. The Hall–Kier alpha value is -1.40. The normalized spacial score (nSPS) is 12.7. The van der Waals surface area contributed by atoms with Gasteiger partial charge in [0.1, 0.15) is 5.75 Å². The van der Waals surface area contributed by atoms with Crippen molar-refractivity contribution in [3.8, 4) is 5.75 Å². The van der Waals surface area contributed by atoms with Crippen LogP contribution in [0.2, 0.25) is 0 Å². The van der Waals surface area contributed by atoms with E-state index < -0.39 is 29.2 Å². The first-order valence-electron chi connectivity index (χ1n) is 3.98. The maximum atomic E-state index is 12.4. The molecule has 16 heavy (non-hydrogen) atoms. The fraction of sp³-hybridized carbons (Fsp3) is 0.333. The molecule has 0 aromatic heterocycles. The molecule has 0 spiro atoms. The molecule has 7 heteroatoms. The molecule has 0 fully saturated rings. The van der Waals surface area contributed by atoms with E-state index in [1.54, 1.807) is 0 Å². The highest BCUT2D eigenvalue weighted by Gasteiger charge is 2.38. The van der Waals surface area contributed by atoms with Gasteiger partial charge < -0.3 is 4.74 Å². The van der Waals surface area contributed by atoms with Crippen LogP contribution in [0.4, 0.5) is 26.3 Å². The Morgan fingerprint density at radius 3 is 1.88 bits per heavy atom. The lowest BCUT2D eigenvalue weighted by atomic mass is 10.1. The largest absolute Gasteiger partial charge is 0.496 e. The second-order valence-electron chi connectivity index (χ2n) is 2.91. The van der Waals surface area contributed by atoms with Gasteiger partial charge in [-0.3, -0.25) is 0 Å². The van der Waals surface area contributed by atoms with Crippen molar-refractivity contribution in [2.24, 2.45) is 0 Å². The van der Waals surface area contributed by atoms with Gasteiger partial charge >= 0.3 is 12.4 Å². The summed E-state index contributed by atoms with van der Waals surface area (Å²) in [6, 6.07) is 1.21. The highest BCUT2D eigenvalue weighted by Crippen LogP contribution is 2.40. The summed E-state index contributed by atoms with van der Waals surface area (Å²) in [6.07, 6.45) is -9.70. The standard InChI is InChI=1S/C9H6F6O/c1-16-7-3-2-5(8(10,11)12)4-6(7)9(13,14)15/h2-4H,1H3. The van der Waals surface area contributed by atoms with E-state index in [1.807, 2.05) is 0 Å². The van der Waals surface area contributed by atoms with Crippen molar-refractivity contribution in [2.45, 2.75) is 12.4 Å². The van der Waals surface area contributed by atoms with Gasteiger partial charge in [0.15, 0.2) is 0 Å². The number of halogens is 6. The smallest absolute Gasteiger partial charge is 0.419 e. The number of alkyl halides is 6. The van der Waals surface area contributed by atoms with Crippen LogP contribution in [0.3, 0.4) is 0 Å². The van der Waals surface area contributed by atoms with Crippen LogP contribution in [0.15, 0.2) is 18.2 Å². The summed E-state index contributed by atoms with van der Waals surface area (Å²) >= 11 is 0. The van der Waals surface area contributed by atoms with E-state index in [0.717, 1.165) is 7.11 Å². The second-order valence-corrected chi connectivity index (χ2v) is 2.91. The number of rotatable bonds is 1. The van der Waals surface area contributed by atoms with Crippen molar-refractivity contribution >= 4 is 0 Å². The minimum atomic E-state index is -4.88. The molecule has 0 saturated heterocycles. The SMILES string of the molecule is COc1ccc(C(F)(F)F)cc1C(F)(F)F. The predicted octanol–water partition coefficient (Wildman–Crippen LogP) is 3.73. The van der Waals surface area contributed by atoms with Gasteiger partial charge in [-0.05, 0) is 18.2 Å². The minimum absolute atomic E-state index is 0.0266. The van der Waals surface area contributed by atoms with Crippen LogP contribution < -0.4 is 4.74 Å². The van der Waals surface area contributed by atoms with Gasteiger partial charge in [0, 0.05) is 0 Å². The molecule has 0 saturated carbocycles. The summed E-state index contributed by atoms with van der Waals surface area (Å²) in [5, 5.41) is 0. The molecule has 0 heterocycles. The zero-order valence-corrected chi connectivity index (χ0v) is 7.91. The van der Waals surface area contributed by atoms with Crippen LogP contribution in [0, 0.1) is 0 Å². The Kier molecular flexibility index (Phi) is 3.07. The molecule has 1 aromatic rings. The Bertz CT molecular complexity index is 379. The van der Waals surface area contributed by atoms with Gasteiger partial charge in [-0.1, -0.05) is 0 Å². The summed E-state index contributed by atoms with van der Waals surface area (Å²) < 4.78 is 78.0. The first-order valence-corrected chi connectivity index (χ1v) is 3.98. The van der Waals surface area contributed by atoms with Crippen LogP contribution in [0.1, 0.15) is 11.1 Å². The fourth-order valence-corrected chi connectivity index (χ4v) is 1.11. The minimum Gasteiger partial charge on any atom is -0.496 e. The van der Waals surface area contributed by atoms with E-state index in [2.05, 4.69) is 4.74 Å². The van der Waals surface area contributed by atoms with Gasteiger partial charge in [-0.25, -0.2) is 0 Å². The Morgan fingerprint density at radius 2 is 1.50 bits per heavy atom. The maximum absolute atomic E-state index is 12.4. The molecule has 0 amide bonds. The van der Waals surface area contributed by atoms with Crippen molar-refractivity contribution in [3.05, 3.63) is 29.3 Å². The van der Waals surface area contributed by atoms with Crippen LogP contribution in [0.25, 0.3) is 0 Å². The first-order chi connectivity index (χ1) is 7.16. The molecule has 0 bridgehead atoms. The van der Waals surface area contributed by atoms with E-state index in [0.29, 0.717) is 12.1 Å². The average Bonchev–Trinajstić information content (AvgIpc) is 2.14. The van der Waals surface area contributed by atoms with Crippen molar-refractivity contribution in [2.75, 3.05) is 7.11 Å². The van der Waals surface area contributed by atoms with Crippen LogP contribution in [0.5, 0.6) is 5.75 Å². The fourth-order valence-electron chi connectivity index (χ4n) is 1.11.